The minimum absolute atomic E-state index is 0.0290. The monoisotopic (exact) mass is 532 g/mol. The fourth-order valence-corrected chi connectivity index (χ4v) is 6.21. The van der Waals surface area contributed by atoms with Crippen molar-refractivity contribution in [2.75, 3.05) is 0 Å². The first-order valence-electron chi connectivity index (χ1n) is 13.3. The summed E-state index contributed by atoms with van der Waals surface area (Å²) >= 11 is 6.38. The van der Waals surface area contributed by atoms with Gasteiger partial charge in [-0.2, -0.15) is 0 Å². The molecule has 0 spiro atoms. The maximum absolute atomic E-state index is 11.7. The van der Waals surface area contributed by atoms with E-state index in [4.69, 9.17) is 32.4 Å². The van der Waals surface area contributed by atoms with Gasteiger partial charge in [-0.1, -0.05) is 43.0 Å². The van der Waals surface area contributed by atoms with Crippen LogP contribution in [0.1, 0.15) is 75.8 Å². The summed E-state index contributed by atoms with van der Waals surface area (Å²) in [6.45, 7) is 0. The van der Waals surface area contributed by atoms with Gasteiger partial charge in [0.05, 0.1) is 0 Å². The van der Waals surface area contributed by atoms with Crippen molar-refractivity contribution in [2.24, 2.45) is 11.8 Å². The van der Waals surface area contributed by atoms with Gasteiger partial charge < -0.3 is 14.1 Å². The molecule has 1 unspecified atom stereocenters. The van der Waals surface area contributed by atoms with Crippen LogP contribution in [0.3, 0.4) is 0 Å². The molecular weight excluding hydrogens is 504 g/mol. The number of halogens is 1. The van der Waals surface area contributed by atoms with Gasteiger partial charge in [0.1, 0.15) is 23.1 Å². The van der Waals surface area contributed by atoms with E-state index in [1.807, 2.05) is 18.2 Å². The number of nitrogens with zero attached hydrogens (tertiary/aromatic N) is 5. The van der Waals surface area contributed by atoms with Crippen LogP contribution >= 0.6 is 11.6 Å². The molecule has 9 nitrogen and oxygen atoms in total. The fraction of sp³-hybridized carbons (Fsp3) is 0.464. The van der Waals surface area contributed by atoms with Gasteiger partial charge >= 0.3 is 5.76 Å². The Morgan fingerprint density at radius 2 is 1.89 bits per heavy atom. The Balaban J connectivity index is 1.59. The molecule has 0 bridgehead atoms. The number of H-pyrrole nitrogens is 1. The van der Waals surface area contributed by atoms with E-state index in [2.05, 4.69) is 25.7 Å². The van der Waals surface area contributed by atoms with Gasteiger partial charge in [0.2, 0.25) is 5.82 Å². The molecule has 1 atom stereocenters. The van der Waals surface area contributed by atoms with Crippen LogP contribution in [0.2, 0.25) is 5.02 Å². The topological polar surface area (TPSA) is 123 Å². The highest BCUT2D eigenvalue weighted by atomic mass is 35.5. The number of terminal acetylenes is 1. The zero-order valence-corrected chi connectivity index (χ0v) is 21.7. The van der Waals surface area contributed by atoms with Crippen molar-refractivity contribution < 1.29 is 9.52 Å². The van der Waals surface area contributed by atoms with Crippen molar-refractivity contribution >= 4 is 22.8 Å². The summed E-state index contributed by atoms with van der Waals surface area (Å²) in [6, 6.07) is 7.50. The van der Waals surface area contributed by atoms with E-state index in [0.717, 1.165) is 62.4 Å². The van der Waals surface area contributed by atoms with Crippen LogP contribution in [0.25, 0.3) is 34.1 Å². The smallest absolute Gasteiger partial charge is 0.385 e. The fourth-order valence-electron chi connectivity index (χ4n) is 6.02. The molecule has 0 radical (unpaired) electrons. The molecule has 0 aliphatic heterocycles. The summed E-state index contributed by atoms with van der Waals surface area (Å²) in [5, 5.41) is 18.4. The van der Waals surface area contributed by atoms with Gasteiger partial charge in [0.15, 0.2) is 5.65 Å². The lowest BCUT2D eigenvalue weighted by Crippen LogP contribution is -2.24. The van der Waals surface area contributed by atoms with Crippen LogP contribution in [-0.2, 0) is 0 Å². The van der Waals surface area contributed by atoms with E-state index in [0.29, 0.717) is 22.2 Å². The van der Waals surface area contributed by atoms with Gasteiger partial charge in [-0.15, -0.1) is 17.4 Å². The van der Waals surface area contributed by atoms with Crippen molar-refractivity contribution in [1.29, 1.82) is 0 Å². The van der Waals surface area contributed by atoms with Crippen LogP contribution < -0.4 is 5.76 Å². The van der Waals surface area contributed by atoms with Crippen molar-refractivity contribution in [2.45, 2.75) is 69.9 Å². The summed E-state index contributed by atoms with van der Waals surface area (Å²) in [4.78, 5) is 26.1. The largest absolute Gasteiger partial charge is 0.434 e. The second-order valence-electron chi connectivity index (χ2n) is 10.4. The number of aliphatic hydroxyl groups is 1. The molecular formula is C28H29ClN6O3. The standard InChI is InChI=1S/C28H29ClN6O3/c1-2-16-11-13-20(14-12-16)35-22-21(18-9-6-10-19(29)15-18)30-25(27-33-34-28(37)38-27)31-24(22)32-26(35)23(36)17-7-4-3-5-8-17/h1,6,9-10,15-17,20,23,36H,3-5,7-8,11-14H2,(H,34,37). The van der Waals surface area contributed by atoms with Crippen LogP contribution in [0.15, 0.2) is 33.5 Å². The third-order valence-corrected chi connectivity index (χ3v) is 8.19. The van der Waals surface area contributed by atoms with Crippen molar-refractivity contribution in [3.05, 3.63) is 45.7 Å². The maximum atomic E-state index is 11.7. The molecule has 2 aliphatic carbocycles. The molecule has 0 amide bonds. The van der Waals surface area contributed by atoms with Crippen LogP contribution in [0.4, 0.5) is 0 Å². The summed E-state index contributed by atoms with van der Waals surface area (Å²) in [5.41, 5.74) is 2.50. The molecule has 38 heavy (non-hydrogen) atoms. The zero-order valence-electron chi connectivity index (χ0n) is 20.9. The first-order chi connectivity index (χ1) is 18.5. The molecule has 6 rings (SSSR count). The molecule has 2 saturated carbocycles. The van der Waals surface area contributed by atoms with Crippen molar-refractivity contribution in [3.63, 3.8) is 0 Å². The highest BCUT2D eigenvalue weighted by molar-refractivity contribution is 6.30. The molecule has 0 saturated heterocycles. The van der Waals surface area contributed by atoms with E-state index < -0.39 is 11.9 Å². The number of hydrogen-bond acceptors (Lipinski definition) is 7. The van der Waals surface area contributed by atoms with Crippen LogP contribution in [-0.4, -0.2) is 34.8 Å². The third-order valence-electron chi connectivity index (χ3n) is 7.96. The Labute approximate surface area is 224 Å². The molecule has 2 fully saturated rings. The average molecular weight is 533 g/mol. The quantitative estimate of drug-likeness (QED) is 0.327. The second kappa shape index (κ2) is 10.4. The number of fused-ring (bicyclic) bond motifs is 1. The number of aliphatic hydroxyl groups excluding tert-OH is 1. The molecule has 1 aromatic carbocycles. The lowest BCUT2D eigenvalue weighted by Gasteiger charge is -2.32. The molecule has 3 aromatic heterocycles. The van der Waals surface area contributed by atoms with E-state index in [1.165, 1.54) is 6.42 Å². The molecule has 4 aromatic rings. The summed E-state index contributed by atoms with van der Waals surface area (Å²) in [5.74, 6) is 3.30. The van der Waals surface area contributed by atoms with Gasteiger partial charge in [-0.3, -0.25) is 0 Å². The molecule has 2 N–H and O–H groups in total. The van der Waals surface area contributed by atoms with Crippen LogP contribution in [0, 0.1) is 24.2 Å². The SMILES string of the molecule is C#CC1CCC(n2c(C(O)C3CCCCC3)nc3nc(-c4n[nH]c(=O)o4)nc(-c4cccc(Cl)c4)c32)CC1. The van der Waals surface area contributed by atoms with E-state index in [1.54, 1.807) is 6.07 Å². The molecule has 10 heteroatoms. The molecule has 3 heterocycles. The van der Waals surface area contributed by atoms with Gasteiger partial charge in [0, 0.05) is 22.5 Å². The van der Waals surface area contributed by atoms with Crippen LogP contribution in [0.5, 0.6) is 0 Å². The molecule has 196 valence electrons. The van der Waals surface area contributed by atoms with Crippen molar-refractivity contribution in [1.82, 2.24) is 29.7 Å². The number of aromatic nitrogens is 6. The summed E-state index contributed by atoms with van der Waals surface area (Å²) in [6.07, 6.45) is 13.9. The Morgan fingerprint density at radius 3 is 2.58 bits per heavy atom. The van der Waals surface area contributed by atoms with Gasteiger partial charge in [-0.05, 0) is 56.6 Å². The number of hydrogen-bond donors (Lipinski definition) is 2. The predicted molar refractivity (Wildman–Crippen MR) is 143 cm³/mol. The summed E-state index contributed by atoms with van der Waals surface area (Å²) in [7, 11) is 0. The Morgan fingerprint density at radius 1 is 1.11 bits per heavy atom. The minimum atomic E-state index is -0.728. The highest BCUT2D eigenvalue weighted by Crippen LogP contribution is 2.42. The number of nitrogens with one attached hydrogen (secondary N) is 1. The first-order valence-corrected chi connectivity index (χ1v) is 13.7. The number of benzene rings is 1. The lowest BCUT2D eigenvalue weighted by molar-refractivity contribution is 0.0717. The minimum Gasteiger partial charge on any atom is -0.385 e. The third kappa shape index (κ3) is 4.63. The first kappa shape index (κ1) is 24.8. The van der Waals surface area contributed by atoms with Gasteiger partial charge in [0.25, 0.3) is 5.89 Å². The van der Waals surface area contributed by atoms with E-state index in [9.17, 15) is 9.90 Å². The number of aromatic amines is 1. The predicted octanol–water partition coefficient (Wildman–Crippen LogP) is 5.47. The maximum Gasteiger partial charge on any atom is 0.434 e. The normalized spacial score (nSPS) is 21.4. The van der Waals surface area contributed by atoms with E-state index >= 15 is 0 Å². The second-order valence-corrected chi connectivity index (χ2v) is 10.8. The van der Waals surface area contributed by atoms with Crippen molar-refractivity contribution in [3.8, 4) is 35.3 Å². The Kier molecular flexibility index (Phi) is 6.76. The Hall–Kier alpha value is -3.48. The Bertz CT molecular complexity index is 1550. The van der Waals surface area contributed by atoms with Gasteiger partial charge in [-0.25, -0.2) is 24.8 Å². The lowest BCUT2D eigenvalue weighted by atomic mass is 9.84. The zero-order chi connectivity index (χ0) is 26.2. The number of imidazole rings is 1. The average Bonchev–Trinajstić information content (AvgIpc) is 3.56. The number of rotatable bonds is 5. The molecule has 2 aliphatic rings. The van der Waals surface area contributed by atoms with E-state index in [-0.39, 0.29) is 29.6 Å². The highest BCUT2D eigenvalue weighted by Gasteiger charge is 2.34. The summed E-state index contributed by atoms with van der Waals surface area (Å²) < 4.78 is 7.33.